The molecule has 0 aliphatic rings. The van der Waals surface area contributed by atoms with Crippen molar-refractivity contribution in [2.45, 2.75) is 26.4 Å². The summed E-state index contributed by atoms with van der Waals surface area (Å²) in [6, 6.07) is 6.34. The molecule has 96 valence electrons. The van der Waals surface area contributed by atoms with Gasteiger partial charge in [0.15, 0.2) is 0 Å². The van der Waals surface area contributed by atoms with Crippen molar-refractivity contribution < 1.29 is 4.74 Å². The van der Waals surface area contributed by atoms with E-state index in [0.29, 0.717) is 12.6 Å². The maximum Gasteiger partial charge on any atom is 0.128 e. The van der Waals surface area contributed by atoms with Crippen LogP contribution >= 0.6 is 0 Å². The van der Waals surface area contributed by atoms with Crippen molar-refractivity contribution in [3.63, 3.8) is 0 Å². The number of nitrogens with two attached hydrogens (primary N) is 1. The number of imidazole rings is 1. The molecular weight excluding hydrogens is 226 g/mol. The SMILES string of the molecule is COc1ccc(CN)cc1-c1cn(C(C)C)cn1. The number of nitrogens with zero attached hydrogens (tertiary/aromatic N) is 2. The summed E-state index contributed by atoms with van der Waals surface area (Å²) in [6.07, 6.45) is 3.87. The Morgan fingerprint density at radius 3 is 2.72 bits per heavy atom. The van der Waals surface area contributed by atoms with E-state index in [4.69, 9.17) is 10.5 Å². The number of hydrogen-bond donors (Lipinski definition) is 1. The number of aromatic nitrogens is 2. The Balaban J connectivity index is 2.46. The molecular formula is C14H19N3O. The number of benzene rings is 1. The first-order chi connectivity index (χ1) is 8.65. The van der Waals surface area contributed by atoms with Crippen LogP contribution in [0.2, 0.25) is 0 Å². The molecule has 1 aromatic carbocycles. The molecule has 0 saturated carbocycles. The lowest BCUT2D eigenvalue weighted by Crippen LogP contribution is -1.98. The van der Waals surface area contributed by atoms with Crippen LogP contribution in [-0.4, -0.2) is 16.7 Å². The third-order valence-corrected chi connectivity index (χ3v) is 2.97. The fraction of sp³-hybridized carbons (Fsp3) is 0.357. The first-order valence-electron chi connectivity index (χ1n) is 6.06. The molecule has 2 aromatic rings. The van der Waals surface area contributed by atoms with Crippen molar-refractivity contribution in [2.75, 3.05) is 7.11 Å². The molecule has 18 heavy (non-hydrogen) atoms. The standard InChI is InChI=1S/C14H19N3O/c1-10(2)17-8-13(16-9-17)12-6-11(7-15)4-5-14(12)18-3/h4-6,8-10H,7,15H2,1-3H3. The molecule has 1 aromatic heterocycles. The van der Waals surface area contributed by atoms with E-state index >= 15 is 0 Å². The molecule has 0 spiro atoms. The molecule has 0 saturated heterocycles. The van der Waals surface area contributed by atoms with E-state index < -0.39 is 0 Å². The van der Waals surface area contributed by atoms with Gasteiger partial charge in [-0.25, -0.2) is 4.98 Å². The number of hydrogen-bond acceptors (Lipinski definition) is 3. The van der Waals surface area contributed by atoms with Gasteiger partial charge in [0.1, 0.15) is 5.75 Å². The molecule has 0 atom stereocenters. The molecule has 0 fully saturated rings. The van der Waals surface area contributed by atoms with Crippen molar-refractivity contribution in [3.05, 3.63) is 36.3 Å². The topological polar surface area (TPSA) is 53.1 Å². The zero-order chi connectivity index (χ0) is 13.1. The molecule has 4 heteroatoms. The molecule has 1 heterocycles. The molecule has 0 bridgehead atoms. The van der Waals surface area contributed by atoms with Crippen LogP contribution in [-0.2, 0) is 6.54 Å². The predicted octanol–water partition coefficient (Wildman–Crippen LogP) is 2.60. The highest BCUT2D eigenvalue weighted by atomic mass is 16.5. The number of ether oxygens (including phenoxy) is 1. The second kappa shape index (κ2) is 5.23. The highest BCUT2D eigenvalue weighted by Gasteiger charge is 2.10. The second-order valence-corrected chi connectivity index (χ2v) is 4.54. The largest absolute Gasteiger partial charge is 0.496 e. The van der Waals surface area contributed by atoms with Crippen molar-refractivity contribution in [2.24, 2.45) is 5.73 Å². The first-order valence-corrected chi connectivity index (χ1v) is 6.06. The zero-order valence-electron chi connectivity index (χ0n) is 11.1. The van der Waals surface area contributed by atoms with Crippen LogP contribution in [0.15, 0.2) is 30.7 Å². The molecule has 2 N–H and O–H groups in total. The van der Waals surface area contributed by atoms with E-state index in [1.165, 1.54) is 0 Å². The highest BCUT2D eigenvalue weighted by Crippen LogP contribution is 2.30. The van der Waals surface area contributed by atoms with Gasteiger partial charge in [-0.3, -0.25) is 0 Å². The molecule has 4 nitrogen and oxygen atoms in total. The summed E-state index contributed by atoms with van der Waals surface area (Å²) in [5.74, 6) is 0.821. The van der Waals surface area contributed by atoms with Gasteiger partial charge in [0.2, 0.25) is 0 Å². The van der Waals surface area contributed by atoms with Gasteiger partial charge in [0.25, 0.3) is 0 Å². The lowest BCUT2D eigenvalue weighted by atomic mass is 10.1. The van der Waals surface area contributed by atoms with E-state index in [1.807, 2.05) is 30.7 Å². The molecule has 0 amide bonds. The summed E-state index contributed by atoms with van der Waals surface area (Å²) in [6.45, 7) is 4.76. The van der Waals surface area contributed by atoms with E-state index in [9.17, 15) is 0 Å². The van der Waals surface area contributed by atoms with Crippen molar-refractivity contribution in [1.82, 2.24) is 9.55 Å². The van der Waals surface area contributed by atoms with Gasteiger partial charge in [0.05, 0.1) is 19.1 Å². The second-order valence-electron chi connectivity index (χ2n) is 4.54. The van der Waals surface area contributed by atoms with Gasteiger partial charge < -0.3 is 15.0 Å². The Kier molecular flexibility index (Phi) is 3.67. The summed E-state index contributed by atoms with van der Waals surface area (Å²) in [7, 11) is 1.67. The first kappa shape index (κ1) is 12.6. The van der Waals surface area contributed by atoms with Gasteiger partial charge in [-0.15, -0.1) is 0 Å². The third kappa shape index (κ3) is 2.38. The quantitative estimate of drug-likeness (QED) is 0.900. The van der Waals surface area contributed by atoms with Crippen LogP contribution in [0.5, 0.6) is 5.75 Å². The van der Waals surface area contributed by atoms with E-state index in [2.05, 4.69) is 23.4 Å². The Labute approximate surface area is 107 Å². The van der Waals surface area contributed by atoms with Crippen LogP contribution in [0.3, 0.4) is 0 Å². The van der Waals surface area contributed by atoms with Crippen molar-refractivity contribution in [1.29, 1.82) is 0 Å². The Morgan fingerprint density at radius 1 is 1.39 bits per heavy atom. The summed E-state index contributed by atoms with van der Waals surface area (Å²) >= 11 is 0. The summed E-state index contributed by atoms with van der Waals surface area (Å²) in [5, 5.41) is 0. The Bertz CT molecular complexity index is 532. The van der Waals surface area contributed by atoms with Gasteiger partial charge >= 0.3 is 0 Å². The Hall–Kier alpha value is -1.81. The van der Waals surface area contributed by atoms with Crippen molar-refractivity contribution in [3.8, 4) is 17.0 Å². The zero-order valence-corrected chi connectivity index (χ0v) is 11.1. The lowest BCUT2D eigenvalue weighted by Gasteiger charge is -2.08. The summed E-state index contributed by atoms with van der Waals surface area (Å²) in [4.78, 5) is 4.43. The fourth-order valence-electron chi connectivity index (χ4n) is 1.84. The smallest absolute Gasteiger partial charge is 0.128 e. The molecule has 2 rings (SSSR count). The minimum absolute atomic E-state index is 0.398. The number of methoxy groups -OCH3 is 1. The minimum atomic E-state index is 0.398. The van der Waals surface area contributed by atoms with Crippen LogP contribution in [0.4, 0.5) is 0 Å². The lowest BCUT2D eigenvalue weighted by molar-refractivity contribution is 0.416. The monoisotopic (exact) mass is 245 g/mol. The molecule has 0 aliphatic carbocycles. The van der Waals surface area contributed by atoms with E-state index in [-0.39, 0.29) is 0 Å². The number of rotatable bonds is 4. The van der Waals surface area contributed by atoms with Crippen LogP contribution in [0.25, 0.3) is 11.3 Å². The minimum Gasteiger partial charge on any atom is -0.496 e. The average molecular weight is 245 g/mol. The van der Waals surface area contributed by atoms with Gasteiger partial charge in [0, 0.05) is 24.3 Å². The van der Waals surface area contributed by atoms with Crippen LogP contribution in [0, 0.1) is 0 Å². The molecule has 0 radical (unpaired) electrons. The fourth-order valence-corrected chi connectivity index (χ4v) is 1.84. The summed E-state index contributed by atoms with van der Waals surface area (Å²) < 4.78 is 7.45. The summed E-state index contributed by atoms with van der Waals surface area (Å²) in [5.41, 5.74) is 8.65. The van der Waals surface area contributed by atoms with E-state index in [1.54, 1.807) is 7.11 Å². The molecule has 0 aliphatic heterocycles. The third-order valence-electron chi connectivity index (χ3n) is 2.97. The van der Waals surface area contributed by atoms with Gasteiger partial charge in [-0.2, -0.15) is 0 Å². The predicted molar refractivity (Wildman–Crippen MR) is 72.5 cm³/mol. The maximum atomic E-state index is 5.68. The molecule has 0 unspecified atom stereocenters. The Morgan fingerprint density at radius 2 is 2.17 bits per heavy atom. The van der Waals surface area contributed by atoms with Crippen molar-refractivity contribution >= 4 is 0 Å². The highest BCUT2D eigenvalue weighted by molar-refractivity contribution is 5.67. The van der Waals surface area contributed by atoms with Crippen LogP contribution < -0.4 is 10.5 Å². The van der Waals surface area contributed by atoms with Gasteiger partial charge in [-0.1, -0.05) is 6.07 Å². The normalized spacial score (nSPS) is 10.9. The maximum absolute atomic E-state index is 5.68. The van der Waals surface area contributed by atoms with Crippen LogP contribution in [0.1, 0.15) is 25.5 Å². The van der Waals surface area contributed by atoms with Gasteiger partial charge in [-0.05, 0) is 31.5 Å². The average Bonchev–Trinajstić information content (AvgIpc) is 2.87. The van der Waals surface area contributed by atoms with E-state index in [0.717, 1.165) is 22.6 Å².